The first kappa shape index (κ1) is 11.3. The quantitative estimate of drug-likeness (QED) is 0.571. The van der Waals surface area contributed by atoms with Gasteiger partial charge in [0.25, 0.3) is 11.7 Å². The van der Waals surface area contributed by atoms with Crippen LogP contribution in [0.4, 0.5) is 5.69 Å². The topological polar surface area (TPSA) is 63.7 Å². The first-order valence-electron chi connectivity index (χ1n) is 5.20. The predicted molar refractivity (Wildman–Crippen MR) is 59.8 cm³/mol. The van der Waals surface area contributed by atoms with Crippen molar-refractivity contribution in [1.29, 1.82) is 0 Å². The van der Waals surface area contributed by atoms with Gasteiger partial charge >= 0.3 is 5.97 Å². The number of anilines is 1. The van der Waals surface area contributed by atoms with Crippen molar-refractivity contribution in [2.24, 2.45) is 0 Å². The Hall–Kier alpha value is -2.17. The molecule has 5 heteroatoms. The molecular weight excluding hydrogens is 222 g/mol. The highest BCUT2D eigenvalue weighted by Gasteiger charge is 2.34. The van der Waals surface area contributed by atoms with E-state index in [2.05, 4.69) is 0 Å². The van der Waals surface area contributed by atoms with Crippen molar-refractivity contribution in [3.8, 4) is 0 Å². The van der Waals surface area contributed by atoms with Crippen LogP contribution in [-0.4, -0.2) is 30.8 Å². The van der Waals surface area contributed by atoms with Crippen molar-refractivity contribution in [3.05, 3.63) is 29.8 Å². The number of nitrogens with zero attached hydrogens (tertiary/aromatic N) is 1. The molecule has 0 bridgehead atoms. The minimum atomic E-state index is -0.571. The van der Waals surface area contributed by atoms with Gasteiger partial charge < -0.3 is 9.64 Å². The number of rotatable bonds is 3. The molecule has 0 saturated carbocycles. The van der Waals surface area contributed by atoms with Gasteiger partial charge in [-0.1, -0.05) is 12.1 Å². The van der Waals surface area contributed by atoms with E-state index in [1.807, 2.05) is 0 Å². The van der Waals surface area contributed by atoms with Gasteiger partial charge in [0, 0.05) is 6.92 Å². The van der Waals surface area contributed by atoms with E-state index in [0.29, 0.717) is 11.3 Å². The van der Waals surface area contributed by atoms with Crippen LogP contribution in [0.5, 0.6) is 0 Å². The third kappa shape index (κ3) is 2.04. The second-order valence-corrected chi connectivity index (χ2v) is 3.64. The first-order chi connectivity index (χ1) is 8.11. The number of hydrogen-bond acceptors (Lipinski definition) is 4. The summed E-state index contributed by atoms with van der Waals surface area (Å²) in [6, 6.07) is 6.77. The first-order valence-corrected chi connectivity index (χ1v) is 5.20. The number of hydrogen-bond donors (Lipinski definition) is 0. The second-order valence-electron chi connectivity index (χ2n) is 3.64. The number of carbonyl (C=O) groups is 3. The zero-order valence-corrected chi connectivity index (χ0v) is 9.30. The Balaban J connectivity index is 2.16. The Bertz CT molecular complexity index is 495. The number of fused-ring (bicyclic) bond motifs is 1. The Morgan fingerprint density at radius 2 is 2.00 bits per heavy atom. The van der Waals surface area contributed by atoms with Crippen molar-refractivity contribution in [3.63, 3.8) is 0 Å². The molecular formula is C12H11NO4. The number of Topliss-reactive ketones (excluding diaryl/α,β-unsaturated/α-hetero) is 1. The fraction of sp³-hybridized carbons (Fsp3) is 0.250. The summed E-state index contributed by atoms with van der Waals surface area (Å²) in [6.07, 6.45) is 0. The van der Waals surface area contributed by atoms with Crippen LogP contribution >= 0.6 is 0 Å². The van der Waals surface area contributed by atoms with Gasteiger partial charge in [-0.15, -0.1) is 0 Å². The number of carbonyl (C=O) groups excluding carboxylic acids is 3. The van der Waals surface area contributed by atoms with Crippen LogP contribution < -0.4 is 4.90 Å². The molecule has 0 atom stereocenters. The van der Waals surface area contributed by atoms with Crippen LogP contribution in [0.3, 0.4) is 0 Å². The minimum Gasteiger partial charge on any atom is -0.464 e. The fourth-order valence-corrected chi connectivity index (χ4v) is 1.75. The summed E-state index contributed by atoms with van der Waals surface area (Å²) >= 11 is 0. The van der Waals surface area contributed by atoms with E-state index in [1.54, 1.807) is 24.3 Å². The third-order valence-corrected chi connectivity index (χ3v) is 2.50. The van der Waals surface area contributed by atoms with Crippen LogP contribution in [0.25, 0.3) is 0 Å². The second kappa shape index (κ2) is 4.37. The Morgan fingerprint density at radius 3 is 2.71 bits per heavy atom. The lowest BCUT2D eigenvalue weighted by atomic mass is 10.1. The number of esters is 1. The largest absolute Gasteiger partial charge is 0.464 e. The molecule has 1 aromatic rings. The van der Waals surface area contributed by atoms with Gasteiger partial charge in [0.05, 0.1) is 17.8 Å². The van der Waals surface area contributed by atoms with E-state index in [1.165, 1.54) is 11.8 Å². The highest BCUT2D eigenvalue weighted by Crippen LogP contribution is 2.27. The van der Waals surface area contributed by atoms with Gasteiger partial charge in [0.15, 0.2) is 0 Å². The standard InChI is InChI=1S/C12H11NO4/c1-8(14)17-7-6-13-10-5-3-2-4-9(10)11(15)12(13)16/h2-5H,6-7H2,1H3. The molecule has 1 amide bonds. The summed E-state index contributed by atoms with van der Waals surface area (Å²) in [6.45, 7) is 1.58. The zero-order chi connectivity index (χ0) is 12.4. The Kier molecular flexibility index (Phi) is 2.91. The lowest BCUT2D eigenvalue weighted by Crippen LogP contribution is -2.33. The number of amides is 1. The Labute approximate surface area is 98.0 Å². The van der Waals surface area contributed by atoms with E-state index in [0.717, 1.165) is 0 Å². The van der Waals surface area contributed by atoms with Crippen molar-refractivity contribution in [1.82, 2.24) is 0 Å². The molecule has 17 heavy (non-hydrogen) atoms. The van der Waals surface area contributed by atoms with E-state index in [4.69, 9.17) is 4.74 Å². The maximum absolute atomic E-state index is 11.7. The van der Waals surface area contributed by atoms with E-state index in [9.17, 15) is 14.4 Å². The summed E-state index contributed by atoms with van der Waals surface area (Å²) in [5.74, 6) is -1.49. The van der Waals surface area contributed by atoms with E-state index < -0.39 is 17.7 Å². The summed E-state index contributed by atoms with van der Waals surface area (Å²) in [5.41, 5.74) is 0.981. The molecule has 0 aliphatic carbocycles. The molecule has 0 spiro atoms. The SMILES string of the molecule is CC(=O)OCCN1C(=O)C(=O)c2ccccc21. The van der Waals surface area contributed by atoms with Crippen molar-refractivity contribution < 1.29 is 19.1 Å². The molecule has 1 aliphatic heterocycles. The molecule has 1 aliphatic rings. The molecule has 1 aromatic carbocycles. The van der Waals surface area contributed by atoms with Gasteiger partial charge in [-0.2, -0.15) is 0 Å². The highest BCUT2D eigenvalue weighted by molar-refractivity contribution is 6.52. The normalized spacial score (nSPS) is 13.8. The molecule has 2 rings (SSSR count). The molecule has 0 saturated heterocycles. The minimum absolute atomic E-state index is 0.0860. The van der Waals surface area contributed by atoms with Crippen molar-refractivity contribution >= 4 is 23.3 Å². The van der Waals surface area contributed by atoms with Crippen LogP contribution in [0.2, 0.25) is 0 Å². The molecule has 88 valence electrons. The van der Waals surface area contributed by atoms with Crippen molar-refractivity contribution in [2.75, 3.05) is 18.1 Å². The predicted octanol–water partition coefficient (Wildman–Crippen LogP) is 0.779. The summed E-state index contributed by atoms with van der Waals surface area (Å²) < 4.78 is 4.76. The molecule has 1 heterocycles. The molecule has 0 aromatic heterocycles. The lowest BCUT2D eigenvalue weighted by Gasteiger charge is -2.15. The number of ketones is 1. The summed E-state index contributed by atoms with van der Waals surface area (Å²) in [7, 11) is 0. The molecule has 0 N–H and O–H groups in total. The van der Waals surface area contributed by atoms with Crippen LogP contribution in [0, 0.1) is 0 Å². The number of benzene rings is 1. The van der Waals surface area contributed by atoms with E-state index in [-0.39, 0.29) is 13.2 Å². The van der Waals surface area contributed by atoms with Gasteiger partial charge in [0.2, 0.25) is 0 Å². The number of para-hydroxylation sites is 1. The smallest absolute Gasteiger partial charge is 0.302 e. The van der Waals surface area contributed by atoms with Gasteiger partial charge in [-0.3, -0.25) is 14.4 Å². The maximum atomic E-state index is 11.7. The average molecular weight is 233 g/mol. The third-order valence-electron chi connectivity index (χ3n) is 2.50. The molecule has 5 nitrogen and oxygen atoms in total. The summed E-state index contributed by atoms with van der Waals surface area (Å²) in [5, 5.41) is 0. The monoisotopic (exact) mass is 233 g/mol. The fourth-order valence-electron chi connectivity index (χ4n) is 1.75. The van der Waals surface area contributed by atoms with Crippen LogP contribution in [0.15, 0.2) is 24.3 Å². The van der Waals surface area contributed by atoms with Crippen molar-refractivity contribution in [2.45, 2.75) is 6.92 Å². The molecule has 0 unspecified atom stereocenters. The van der Waals surface area contributed by atoms with Gasteiger partial charge in [-0.25, -0.2) is 0 Å². The van der Waals surface area contributed by atoms with Crippen LogP contribution in [0.1, 0.15) is 17.3 Å². The summed E-state index contributed by atoms with van der Waals surface area (Å²) in [4.78, 5) is 35.2. The maximum Gasteiger partial charge on any atom is 0.302 e. The highest BCUT2D eigenvalue weighted by atomic mass is 16.5. The van der Waals surface area contributed by atoms with E-state index >= 15 is 0 Å². The number of ether oxygens (including phenoxy) is 1. The van der Waals surface area contributed by atoms with Gasteiger partial charge in [0.1, 0.15) is 6.61 Å². The molecule has 0 fully saturated rings. The molecule has 0 radical (unpaired) electrons. The average Bonchev–Trinajstić information content (AvgIpc) is 2.54. The zero-order valence-electron chi connectivity index (χ0n) is 9.30. The Morgan fingerprint density at radius 1 is 1.29 bits per heavy atom. The van der Waals surface area contributed by atoms with Gasteiger partial charge in [-0.05, 0) is 12.1 Å². The lowest BCUT2D eigenvalue weighted by molar-refractivity contribution is -0.140. The van der Waals surface area contributed by atoms with Crippen LogP contribution in [-0.2, 0) is 14.3 Å².